The molecule has 0 unspecified atom stereocenters. The number of hydrogen-bond donors (Lipinski definition) is 0. The van der Waals surface area contributed by atoms with Crippen molar-refractivity contribution in [1.29, 1.82) is 0 Å². The molecule has 0 radical (unpaired) electrons. The monoisotopic (exact) mass is 243 g/mol. The van der Waals surface area contributed by atoms with Crippen LogP contribution in [0.15, 0.2) is 42.6 Å². The normalized spacial score (nSPS) is 10.9. The lowest BCUT2D eigenvalue weighted by Crippen LogP contribution is -1.96. The zero-order chi connectivity index (χ0) is 11.8. The minimum absolute atomic E-state index is 0.486. The third-order valence-electron chi connectivity index (χ3n) is 2.69. The molecule has 2 aromatic heterocycles. The van der Waals surface area contributed by atoms with Crippen molar-refractivity contribution in [3.63, 3.8) is 0 Å². The quantitative estimate of drug-likeness (QED) is 0.614. The highest BCUT2D eigenvalue weighted by Gasteiger charge is 2.09. The molecule has 0 N–H and O–H groups in total. The fourth-order valence-electron chi connectivity index (χ4n) is 1.86. The van der Waals surface area contributed by atoms with Crippen molar-refractivity contribution in [3.8, 4) is 11.3 Å². The van der Waals surface area contributed by atoms with E-state index in [1.54, 1.807) is 6.20 Å². The van der Waals surface area contributed by atoms with Gasteiger partial charge >= 0.3 is 0 Å². The van der Waals surface area contributed by atoms with Crippen LogP contribution in [0.5, 0.6) is 0 Å². The number of aromatic nitrogens is 3. The Kier molecular flexibility index (Phi) is 2.34. The standard InChI is InChI=1S/C13H10ClN3/c1-9-8-15-17-11(7-12(14)16-13(9)17)10-5-3-2-4-6-10/h2-8H,1H3. The van der Waals surface area contributed by atoms with E-state index >= 15 is 0 Å². The Hall–Kier alpha value is -1.87. The fraction of sp³-hybridized carbons (Fsp3) is 0.0769. The van der Waals surface area contributed by atoms with Gasteiger partial charge in [0, 0.05) is 17.2 Å². The van der Waals surface area contributed by atoms with E-state index < -0.39 is 0 Å². The van der Waals surface area contributed by atoms with Gasteiger partial charge in [0.2, 0.25) is 0 Å². The van der Waals surface area contributed by atoms with Crippen molar-refractivity contribution >= 4 is 17.2 Å². The van der Waals surface area contributed by atoms with Crippen molar-refractivity contribution in [1.82, 2.24) is 14.6 Å². The molecule has 1 aromatic carbocycles. The minimum Gasteiger partial charge on any atom is -0.217 e. The molecule has 2 heterocycles. The van der Waals surface area contributed by atoms with Crippen molar-refractivity contribution in [2.75, 3.05) is 0 Å². The van der Waals surface area contributed by atoms with Gasteiger partial charge < -0.3 is 0 Å². The van der Waals surface area contributed by atoms with Crippen LogP contribution in [0, 0.1) is 6.92 Å². The first-order valence-corrected chi connectivity index (χ1v) is 5.70. The zero-order valence-corrected chi connectivity index (χ0v) is 10.0. The summed E-state index contributed by atoms with van der Waals surface area (Å²) in [7, 11) is 0. The molecule has 3 rings (SSSR count). The Bertz CT molecular complexity index is 674. The molecule has 0 aliphatic carbocycles. The van der Waals surface area contributed by atoms with Crippen molar-refractivity contribution in [2.45, 2.75) is 6.92 Å². The molecule has 0 atom stereocenters. The molecule has 0 fully saturated rings. The Morgan fingerprint density at radius 2 is 1.94 bits per heavy atom. The zero-order valence-electron chi connectivity index (χ0n) is 9.26. The van der Waals surface area contributed by atoms with Gasteiger partial charge in [-0.2, -0.15) is 5.10 Å². The molecule has 3 nitrogen and oxygen atoms in total. The van der Waals surface area contributed by atoms with E-state index in [0.29, 0.717) is 5.15 Å². The second-order valence-corrected chi connectivity index (χ2v) is 4.28. The first kappa shape index (κ1) is 10.3. The molecule has 0 aliphatic heterocycles. The molecule has 0 aliphatic rings. The summed E-state index contributed by atoms with van der Waals surface area (Å²) in [6.07, 6.45) is 1.80. The Morgan fingerprint density at radius 3 is 2.71 bits per heavy atom. The summed E-state index contributed by atoms with van der Waals surface area (Å²) < 4.78 is 1.82. The third kappa shape index (κ3) is 1.68. The molecule has 3 aromatic rings. The second kappa shape index (κ2) is 3.86. The van der Waals surface area contributed by atoms with Gasteiger partial charge in [0.05, 0.1) is 11.9 Å². The summed E-state index contributed by atoms with van der Waals surface area (Å²) in [6.45, 7) is 1.97. The Labute approximate surface area is 104 Å². The van der Waals surface area contributed by atoms with E-state index in [9.17, 15) is 0 Å². The second-order valence-electron chi connectivity index (χ2n) is 3.89. The van der Waals surface area contributed by atoms with E-state index in [1.807, 2.05) is 47.8 Å². The predicted molar refractivity (Wildman–Crippen MR) is 68.2 cm³/mol. The minimum atomic E-state index is 0.486. The van der Waals surface area contributed by atoms with Crippen molar-refractivity contribution < 1.29 is 0 Å². The summed E-state index contributed by atoms with van der Waals surface area (Å²) in [5.74, 6) is 0. The van der Waals surface area contributed by atoms with Gasteiger partial charge in [0.1, 0.15) is 5.15 Å². The van der Waals surface area contributed by atoms with Crippen LogP contribution in [0.25, 0.3) is 16.9 Å². The highest BCUT2D eigenvalue weighted by Crippen LogP contribution is 2.23. The third-order valence-corrected chi connectivity index (χ3v) is 2.88. The van der Waals surface area contributed by atoms with E-state index in [1.165, 1.54) is 0 Å². The molecule has 0 saturated heterocycles. The number of aryl methyl sites for hydroxylation is 1. The average Bonchev–Trinajstić information content (AvgIpc) is 2.72. The van der Waals surface area contributed by atoms with E-state index in [-0.39, 0.29) is 0 Å². The smallest absolute Gasteiger partial charge is 0.160 e. The molecular weight excluding hydrogens is 234 g/mol. The number of rotatable bonds is 1. The first-order chi connectivity index (χ1) is 8.25. The van der Waals surface area contributed by atoms with Crippen LogP contribution in [0.1, 0.15) is 5.56 Å². The van der Waals surface area contributed by atoms with E-state index in [0.717, 1.165) is 22.5 Å². The van der Waals surface area contributed by atoms with Gasteiger partial charge in [0.25, 0.3) is 0 Å². The number of fused-ring (bicyclic) bond motifs is 1. The molecule has 0 saturated carbocycles. The van der Waals surface area contributed by atoms with Crippen LogP contribution in [0.3, 0.4) is 0 Å². The van der Waals surface area contributed by atoms with Crippen molar-refractivity contribution in [3.05, 3.63) is 53.3 Å². The van der Waals surface area contributed by atoms with Crippen LogP contribution in [0.4, 0.5) is 0 Å². The largest absolute Gasteiger partial charge is 0.217 e. The molecule has 84 valence electrons. The topological polar surface area (TPSA) is 30.2 Å². The summed E-state index contributed by atoms with van der Waals surface area (Å²) in [5, 5.41) is 4.82. The molecule has 4 heteroatoms. The lowest BCUT2D eigenvalue weighted by Gasteiger charge is -2.05. The van der Waals surface area contributed by atoms with E-state index in [2.05, 4.69) is 10.1 Å². The van der Waals surface area contributed by atoms with Crippen LogP contribution < -0.4 is 0 Å². The average molecular weight is 244 g/mol. The van der Waals surface area contributed by atoms with Crippen molar-refractivity contribution in [2.24, 2.45) is 0 Å². The van der Waals surface area contributed by atoms with Gasteiger partial charge in [-0.1, -0.05) is 41.9 Å². The summed E-state index contributed by atoms with van der Waals surface area (Å²) in [5.41, 5.74) is 3.85. The maximum atomic E-state index is 6.05. The number of halogens is 1. The summed E-state index contributed by atoms with van der Waals surface area (Å²) in [6, 6.07) is 11.9. The summed E-state index contributed by atoms with van der Waals surface area (Å²) >= 11 is 6.05. The van der Waals surface area contributed by atoms with Gasteiger partial charge in [-0.05, 0) is 6.92 Å². The highest BCUT2D eigenvalue weighted by molar-refractivity contribution is 6.29. The fourth-order valence-corrected chi connectivity index (χ4v) is 2.04. The maximum Gasteiger partial charge on any atom is 0.160 e. The molecule has 0 spiro atoms. The van der Waals surface area contributed by atoms with E-state index in [4.69, 9.17) is 11.6 Å². The number of benzene rings is 1. The number of nitrogens with zero attached hydrogens (tertiary/aromatic N) is 3. The molecule has 0 bridgehead atoms. The van der Waals surface area contributed by atoms with Gasteiger partial charge in [0.15, 0.2) is 5.65 Å². The number of hydrogen-bond acceptors (Lipinski definition) is 2. The Balaban J connectivity index is 2.36. The lowest BCUT2D eigenvalue weighted by molar-refractivity contribution is 0.948. The van der Waals surface area contributed by atoms with Crippen LogP contribution in [-0.4, -0.2) is 14.6 Å². The maximum absolute atomic E-state index is 6.05. The van der Waals surface area contributed by atoms with Crippen LogP contribution in [-0.2, 0) is 0 Å². The molecule has 17 heavy (non-hydrogen) atoms. The molecular formula is C13H10ClN3. The highest BCUT2D eigenvalue weighted by atomic mass is 35.5. The SMILES string of the molecule is Cc1cnn2c(-c3ccccc3)cc(Cl)nc12. The van der Waals surface area contributed by atoms with Gasteiger partial charge in [-0.3, -0.25) is 0 Å². The van der Waals surface area contributed by atoms with Crippen LogP contribution >= 0.6 is 11.6 Å². The van der Waals surface area contributed by atoms with Crippen LogP contribution in [0.2, 0.25) is 5.15 Å². The van der Waals surface area contributed by atoms with Gasteiger partial charge in [-0.15, -0.1) is 0 Å². The molecule has 0 amide bonds. The summed E-state index contributed by atoms with van der Waals surface area (Å²) in [4.78, 5) is 4.29. The predicted octanol–water partition coefficient (Wildman–Crippen LogP) is 3.36. The lowest BCUT2D eigenvalue weighted by atomic mass is 10.1. The Morgan fingerprint density at radius 1 is 1.18 bits per heavy atom. The van der Waals surface area contributed by atoms with Gasteiger partial charge in [-0.25, -0.2) is 9.50 Å². The first-order valence-electron chi connectivity index (χ1n) is 5.32.